The van der Waals surface area contributed by atoms with Crippen LogP contribution in [0.4, 0.5) is 4.39 Å². The molecule has 0 bridgehead atoms. The van der Waals surface area contributed by atoms with Gasteiger partial charge in [-0.2, -0.15) is 0 Å². The van der Waals surface area contributed by atoms with Crippen molar-refractivity contribution in [3.05, 3.63) is 95.6 Å². The van der Waals surface area contributed by atoms with Gasteiger partial charge in [0.2, 0.25) is 5.91 Å². The van der Waals surface area contributed by atoms with Gasteiger partial charge in [-0.05, 0) is 67.9 Å². The second kappa shape index (κ2) is 25.4. The van der Waals surface area contributed by atoms with E-state index in [0.29, 0.717) is 18.7 Å². The number of carbonyl (C=O) groups excluding carboxylic acids is 2. The summed E-state index contributed by atoms with van der Waals surface area (Å²) < 4.78 is 12.8. The Hall–Kier alpha value is -3.54. The van der Waals surface area contributed by atoms with Crippen molar-refractivity contribution in [2.45, 2.75) is 100.0 Å². The summed E-state index contributed by atoms with van der Waals surface area (Å²) in [7, 11) is 0. The first-order valence-corrected chi connectivity index (χ1v) is 15.0. The van der Waals surface area contributed by atoms with Gasteiger partial charge < -0.3 is 10.6 Å². The fourth-order valence-corrected chi connectivity index (χ4v) is 3.73. The van der Waals surface area contributed by atoms with E-state index in [1.807, 2.05) is 46.9 Å². The van der Waals surface area contributed by atoms with Gasteiger partial charge in [-0.15, -0.1) is 0 Å². The van der Waals surface area contributed by atoms with Crippen LogP contribution in [0, 0.1) is 0 Å². The van der Waals surface area contributed by atoms with Gasteiger partial charge in [-0.3, -0.25) is 14.6 Å². The zero-order chi connectivity index (χ0) is 31.6. The first kappa shape index (κ1) is 39.6. The molecule has 1 unspecified atom stereocenters. The van der Waals surface area contributed by atoms with Gasteiger partial charge in [0, 0.05) is 24.7 Å². The number of hydrogen-bond donors (Lipinski definition) is 2. The Kier molecular flexibility index (Phi) is 24.6. The summed E-state index contributed by atoms with van der Waals surface area (Å²) in [4.78, 5) is 27.5. The van der Waals surface area contributed by atoms with Crippen LogP contribution in [-0.4, -0.2) is 30.5 Å². The molecule has 6 heteroatoms. The molecule has 1 aromatic carbocycles. The van der Waals surface area contributed by atoms with Crippen molar-refractivity contribution in [1.82, 2.24) is 10.6 Å². The molecule has 228 valence electrons. The number of nitrogens with zero attached hydrogens (tertiary/aromatic N) is 1. The molecule has 0 aromatic heterocycles. The SMILES string of the molecule is C=C/C=C(F)\C=C/CC1NC(=C)NC1=O.CC.CC.CC/C=C(\C=NCC)CCc1ccc(C(=O)CC)c(CC)c1. The van der Waals surface area contributed by atoms with Gasteiger partial charge >= 0.3 is 0 Å². The molecule has 0 aliphatic carbocycles. The van der Waals surface area contributed by atoms with Gasteiger partial charge in [-0.1, -0.05) is 98.1 Å². The summed E-state index contributed by atoms with van der Waals surface area (Å²) in [6, 6.07) is 5.94. The Morgan fingerprint density at radius 3 is 2.32 bits per heavy atom. The van der Waals surface area contributed by atoms with Crippen LogP contribution in [0.25, 0.3) is 0 Å². The lowest BCUT2D eigenvalue weighted by Gasteiger charge is -2.09. The third kappa shape index (κ3) is 17.0. The number of aryl methyl sites for hydroxylation is 2. The van der Waals surface area contributed by atoms with E-state index in [0.717, 1.165) is 37.8 Å². The van der Waals surface area contributed by atoms with Gasteiger partial charge in [-0.25, -0.2) is 4.39 Å². The molecule has 1 aromatic rings. The zero-order valence-electron chi connectivity index (χ0n) is 26.8. The van der Waals surface area contributed by atoms with Gasteiger partial charge in [0.25, 0.3) is 0 Å². The first-order valence-electron chi connectivity index (χ1n) is 15.0. The van der Waals surface area contributed by atoms with Gasteiger partial charge in [0.05, 0.1) is 5.82 Å². The van der Waals surface area contributed by atoms with Crippen LogP contribution in [0.2, 0.25) is 0 Å². The van der Waals surface area contributed by atoms with E-state index in [9.17, 15) is 14.0 Å². The molecule has 2 N–H and O–H groups in total. The van der Waals surface area contributed by atoms with Crippen LogP contribution in [0.3, 0.4) is 0 Å². The number of aliphatic imine (C=N–C) groups is 1. The summed E-state index contributed by atoms with van der Waals surface area (Å²) in [5, 5.41) is 5.37. The van der Waals surface area contributed by atoms with Crippen LogP contribution in [-0.2, 0) is 17.6 Å². The molecule has 1 heterocycles. The zero-order valence-corrected chi connectivity index (χ0v) is 26.8. The van der Waals surface area contributed by atoms with Crippen molar-refractivity contribution in [3.63, 3.8) is 0 Å². The minimum atomic E-state index is -0.387. The molecule has 1 fully saturated rings. The molecule has 0 saturated carbocycles. The molecule has 1 aliphatic rings. The smallest absolute Gasteiger partial charge is 0.248 e. The second-order valence-corrected chi connectivity index (χ2v) is 8.53. The highest BCUT2D eigenvalue weighted by atomic mass is 19.1. The number of halogens is 1. The number of nitrogens with one attached hydrogen (secondary N) is 2. The Balaban J connectivity index is 0. The highest BCUT2D eigenvalue weighted by Crippen LogP contribution is 2.17. The minimum absolute atomic E-state index is 0.141. The number of ketones is 1. The van der Waals surface area contributed by atoms with Crippen molar-refractivity contribution >= 4 is 17.9 Å². The fraction of sp³-hybridized carbons (Fsp3) is 0.457. The van der Waals surface area contributed by atoms with Crippen LogP contribution in [0.1, 0.15) is 103 Å². The molecule has 1 atom stereocenters. The Bertz CT molecular complexity index is 1050. The lowest BCUT2D eigenvalue weighted by Crippen LogP contribution is -2.27. The Morgan fingerprint density at radius 2 is 1.80 bits per heavy atom. The van der Waals surface area contributed by atoms with E-state index in [2.05, 4.69) is 67.8 Å². The average molecular weight is 568 g/mol. The largest absolute Gasteiger partial charge is 0.360 e. The highest BCUT2D eigenvalue weighted by Gasteiger charge is 2.24. The summed E-state index contributed by atoms with van der Waals surface area (Å²) in [5.41, 5.74) is 4.67. The van der Waals surface area contributed by atoms with E-state index in [1.54, 1.807) is 6.08 Å². The molecule has 1 saturated heterocycles. The van der Waals surface area contributed by atoms with E-state index in [-0.39, 0.29) is 23.6 Å². The predicted molar refractivity (Wildman–Crippen MR) is 176 cm³/mol. The summed E-state index contributed by atoms with van der Waals surface area (Å²) in [5.74, 6) is 0.200. The Morgan fingerprint density at radius 1 is 1.12 bits per heavy atom. The minimum Gasteiger partial charge on any atom is -0.360 e. The van der Waals surface area contributed by atoms with E-state index >= 15 is 0 Å². The maximum atomic E-state index is 12.8. The van der Waals surface area contributed by atoms with E-state index in [4.69, 9.17) is 0 Å². The highest BCUT2D eigenvalue weighted by molar-refractivity contribution is 5.97. The van der Waals surface area contributed by atoms with E-state index < -0.39 is 0 Å². The average Bonchev–Trinajstić information content (AvgIpc) is 3.32. The number of carbonyl (C=O) groups is 2. The maximum Gasteiger partial charge on any atom is 0.248 e. The van der Waals surface area contributed by atoms with Crippen LogP contribution in [0.15, 0.2) is 84.0 Å². The number of allylic oxidation sites excluding steroid dienone is 6. The Labute approximate surface area is 249 Å². The molecular formula is C35H54FN3O2. The number of hydrogen-bond acceptors (Lipinski definition) is 4. The first-order chi connectivity index (χ1) is 19.8. The molecule has 2 rings (SSSR count). The van der Waals surface area contributed by atoms with Gasteiger partial charge in [0.15, 0.2) is 5.78 Å². The van der Waals surface area contributed by atoms with Crippen LogP contribution < -0.4 is 10.6 Å². The summed E-state index contributed by atoms with van der Waals surface area (Å²) in [6.07, 6.45) is 14.7. The predicted octanol–water partition coefficient (Wildman–Crippen LogP) is 8.79. The summed E-state index contributed by atoms with van der Waals surface area (Å²) >= 11 is 0. The lowest BCUT2D eigenvalue weighted by atomic mass is 9.95. The quantitative estimate of drug-likeness (QED) is 0.142. The molecule has 1 aliphatic heterocycles. The molecule has 1 amide bonds. The van der Waals surface area contributed by atoms with Crippen molar-refractivity contribution in [2.24, 2.45) is 4.99 Å². The topological polar surface area (TPSA) is 70.6 Å². The normalized spacial score (nSPS) is 14.7. The number of benzene rings is 1. The molecule has 0 spiro atoms. The maximum absolute atomic E-state index is 12.8. The summed E-state index contributed by atoms with van der Waals surface area (Å²) in [6.45, 7) is 24.0. The molecule has 0 radical (unpaired) electrons. The molecular weight excluding hydrogens is 513 g/mol. The number of rotatable bonds is 13. The third-order valence-electron chi connectivity index (χ3n) is 5.65. The van der Waals surface area contributed by atoms with Crippen molar-refractivity contribution in [3.8, 4) is 0 Å². The van der Waals surface area contributed by atoms with Gasteiger partial charge in [0.1, 0.15) is 11.9 Å². The van der Waals surface area contributed by atoms with Crippen molar-refractivity contribution < 1.29 is 14.0 Å². The van der Waals surface area contributed by atoms with Crippen LogP contribution in [0.5, 0.6) is 0 Å². The molecule has 5 nitrogen and oxygen atoms in total. The number of Topliss-reactive ketones (excluding diaryl/α,β-unsaturated/α-hetero) is 1. The van der Waals surface area contributed by atoms with Crippen LogP contribution >= 0.6 is 0 Å². The van der Waals surface area contributed by atoms with Crippen molar-refractivity contribution in [1.29, 1.82) is 0 Å². The number of amides is 1. The monoisotopic (exact) mass is 567 g/mol. The second-order valence-electron chi connectivity index (χ2n) is 8.53. The fourth-order valence-electron chi connectivity index (χ4n) is 3.73. The van der Waals surface area contributed by atoms with Crippen molar-refractivity contribution in [2.75, 3.05) is 6.54 Å². The lowest BCUT2D eigenvalue weighted by molar-refractivity contribution is -0.120. The van der Waals surface area contributed by atoms with E-state index in [1.165, 1.54) is 34.9 Å². The third-order valence-corrected chi connectivity index (χ3v) is 5.65. The standard InChI is InChI=1S/C20H29NO.C11H13FN2O.2C2H6/c1-5-9-17(15-21-8-4)11-10-16-12-13-19(20(22)7-3)18(6-2)14-16;1-3-5-9(12)6-4-7-10-11(15)14-8(2)13-10;2*1-2/h9,12-15H,5-8,10-11H2,1-4H3;3-6,10,13H,1-2,7H2,(H,14,15);2*1-2H3/b17-9-,21-15?;6-4-,9-5+;;. The molecule has 41 heavy (non-hydrogen) atoms.